The number of hydrogen-bond donors (Lipinski definition) is 2. The molecule has 1 fully saturated rings. The molecule has 0 radical (unpaired) electrons. The van der Waals surface area contributed by atoms with Crippen molar-refractivity contribution >= 4 is 18.0 Å². The molecule has 0 unspecified atom stereocenters. The zero-order valence-electron chi connectivity index (χ0n) is 14.7. The summed E-state index contributed by atoms with van der Waals surface area (Å²) >= 11 is 0. The van der Waals surface area contributed by atoms with E-state index >= 15 is 0 Å². The number of hydrogen-bond acceptors (Lipinski definition) is 5. The summed E-state index contributed by atoms with van der Waals surface area (Å²) < 4.78 is 9.96. The van der Waals surface area contributed by atoms with Gasteiger partial charge in [0.1, 0.15) is 0 Å². The number of phenolic OH excluding ortho intramolecular Hbond substituents is 1. The quantitative estimate of drug-likeness (QED) is 0.610. The number of esters is 1. The number of nitrogens with one attached hydrogen (secondary N) is 1. The van der Waals surface area contributed by atoms with E-state index in [0.717, 1.165) is 19.3 Å². The largest absolute Gasteiger partial charge is 0.504 e. The summed E-state index contributed by atoms with van der Waals surface area (Å²) in [5, 5.41) is 12.5. The van der Waals surface area contributed by atoms with Crippen molar-refractivity contribution in [2.45, 2.75) is 38.6 Å². The Balaban J connectivity index is 1.78. The highest BCUT2D eigenvalue weighted by molar-refractivity contribution is 5.89. The van der Waals surface area contributed by atoms with Gasteiger partial charge in [-0.05, 0) is 42.5 Å². The fourth-order valence-electron chi connectivity index (χ4n) is 2.93. The van der Waals surface area contributed by atoms with Crippen LogP contribution in [0.5, 0.6) is 11.5 Å². The summed E-state index contributed by atoms with van der Waals surface area (Å²) in [5.74, 6) is -0.0733. The molecule has 6 heteroatoms. The van der Waals surface area contributed by atoms with Crippen LogP contribution in [0, 0.1) is 5.92 Å². The Morgan fingerprint density at radius 2 is 2.08 bits per heavy atom. The Morgan fingerprint density at radius 1 is 1.32 bits per heavy atom. The van der Waals surface area contributed by atoms with Crippen LogP contribution >= 0.6 is 0 Å². The molecule has 2 N–H and O–H groups in total. The lowest BCUT2D eigenvalue weighted by molar-refractivity contribution is -0.144. The zero-order valence-corrected chi connectivity index (χ0v) is 14.7. The highest BCUT2D eigenvalue weighted by atomic mass is 16.5. The molecule has 1 aromatic rings. The molecule has 1 saturated carbocycles. The maximum atomic E-state index is 11.9. The number of aromatic hydroxyl groups is 1. The maximum Gasteiger partial charge on any atom is 0.331 e. The first-order chi connectivity index (χ1) is 12.0. The number of carbonyl (C=O) groups excluding carboxylic acids is 2. The van der Waals surface area contributed by atoms with E-state index in [-0.39, 0.29) is 24.3 Å². The third-order valence-corrected chi connectivity index (χ3v) is 4.42. The number of methoxy groups -OCH3 is 1. The topological polar surface area (TPSA) is 84.9 Å². The molecule has 1 amide bonds. The lowest BCUT2D eigenvalue weighted by atomic mass is 9.86. The van der Waals surface area contributed by atoms with Crippen molar-refractivity contribution in [2.75, 3.05) is 13.7 Å². The van der Waals surface area contributed by atoms with E-state index in [9.17, 15) is 14.7 Å². The average Bonchev–Trinajstić information content (AvgIpc) is 2.61. The molecule has 0 aliphatic heterocycles. The van der Waals surface area contributed by atoms with Gasteiger partial charge in [-0.2, -0.15) is 0 Å². The summed E-state index contributed by atoms with van der Waals surface area (Å²) in [6, 6.07) is 4.87. The van der Waals surface area contributed by atoms with Crippen LogP contribution in [0.4, 0.5) is 0 Å². The van der Waals surface area contributed by atoms with Gasteiger partial charge in [0.15, 0.2) is 18.1 Å². The van der Waals surface area contributed by atoms with E-state index in [4.69, 9.17) is 9.47 Å². The van der Waals surface area contributed by atoms with Crippen molar-refractivity contribution < 1.29 is 24.2 Å². The first-order valence-corrected chi connectivity index (χ1v) is 8.51. The van der Waals surface area contributed by atoms with Gasteiger partial charge in [-0.15, -0.1) is 0 Å². The predicted octanol–water partition coefficient (Wildman–Crippen LogP) is 2.65. The van der Waals surface area contributed by atoms with Crippen LogP contribution in [0.15, 0.2) is 24.3 Å². The highest BCUT2D eigenvalue weighted by Gasteiger charge is 2.22. The maximum absolute atomic E-state index is 11.9. The molecular weight excluding hydrogens is 322 g/mol. The van der Waals surface area contributed by atoms with Crippen LogP contribution in [-0.2, 0) is 14.3 Å². The second kappa shape index (κ2) is 9.11. The van der Waals surface area contributed by atoms with Gasteiger partial charge < -0.3 is 19.9 Å². The van der Waals surface area contributed by atoms with Crippen molar-refractivity contribution in [1.82, 2.24) is 5.32 Å². The smallest absolute Gasteiger partial charge is 0.331 e. The van der Waals surface area contributed by atoms with E-state index in [0.29, 0.717) is 17.2 Å². The molecule has 25 heavy (non-hydrogen) atoms. The van der Waals surface area contributed by atoms with E-state index < -0.39 is 5.97 Å². The minimum atomic E-state index is -0.598. The van der Waals surface area contributed by atoms with Gasteiger partial charge in [0.05, 0.1) is 7.11 Å². The Kier molecular flexibility index (Phi) is 6.86. The first kappa shape index (κ1) is 18.8. The molecule has 0 aromatic heterocycles. The number of carbonyl (C=O) groups is 2. The molecule has 0 heterocycles. The van der Waals surface area contributed by atoms with Gasteiger partial charge in [0, 0.05) is 12.1 Å². The van der Waals surface area contributed by atoms with Crippen LogP contribution in [-0.4, -0.2) is 36.7 Å². The summed E-state index contributed by atoms with van der Waals surface area (Å²) in [4.78, 5) is 23.6. The number of amides is 1. The van der Waals surface area contributed by atoms with E-state index in [1.807, 2.05) is 0 Å². The van der Waals surface area contributed by atoms with Crippen molar-refractivity contribution in [3.05, 3.63) is 29.8 Å². The monoisotopic (exact) mass is 347 g/mol. The second-order valence-electron chi connectivity index (χ2n) is 6.31. The molecule has 136 valence electrons. The summed E-state index contributed by atoms with van der Waals surface area (Å²) in [5.41, 5.74) is 0.673. The Bertz CT molecular complexity index is 641. The van der Waals surface area contributed by atoms with Gasteiger partial charge in [0.25, 0.3) is 5.91 Å². The summed E-state index contributed by atoms with van der Waals surface area (Å²) in [7, 11) is 1.45. The SMILES string of the molecule is COc1cc(/C=C/C(=O)OCC(=O)N[C@H]2CCCC[C@H]2C)ccc1O. The number of phenols is 1. The molecule has 1 aromatic carbocycles. The van der Waals surface area contributed by atoms with Crippen LogP contribution in [0.2, 0.25) is 0 Å². The minimum Gasteiger partial charge on any atom is -0.504 e. The molecular formula is C19H25NO5. The zero-order chi connectivity index (χ0) is 18.2. The Hall–Kier alpha value is -2.50. The van der Waals surface area contributed by atoms with Crippen LogP contribution in [0.1, 0.15) is 38.2 Å². The normalized spacial score (nSPS) is 20.2. The van der Waals surface area contributed by atoms with Gasteiger partial charge in [0.2, 0.25) is 0 Å². The standard InChI is InChI=1S/C19H25NO5/c1-13-5-3-4-6-15(13)20-18(22)12-25-19(23)10-8-14-7-9-16(21)17(11-14)24-2/h7-11,13,15,21H,3-6,12H2,1-2H3,(H,20,22)/b10-8+/t13-,15+/m1/s1. The molecule has 0 spiro atoms. The lowest BCUT2D eigenvalue weighted by Crippen LogP contribution is -2.42. The first-order valence-electron chi connectivity index (χ1n) is 8.51. The van der Waals surface area contributed by atoms with Crippen molar-refractivity contribution in [1.29, 1.82) is 0 Å². The Labute approximate surface area is 147 Å². The average molecular weight is 347 g/mol. The molecule has 6 nitrogen and oxygen atoms in total. The molecule has 0 bridgehead atoms. The Morgan fingerprint density at radius 3 is 2.80 bits per heavy atom. The third-order valence-electron chi connectivity index (χ3n) is 4.42. The van der Waals surface area contributed by atoms with Crippen molar-refractivity contribution in [2.24, 2.45) is 5.92 Å². The minimum absolute atomic E-state index is 0.0239. The van der Waals surface area contributed by atoms with Crippen LogP contribution in [0.3, 0.4) is 0 Å². The van der Waals surface area contributed by atoms with Gasteiger partial charge in [-0.1, -0.05) is 25.8 Å². The molecule has 2 rings (SSSR count). The molecule has 1 aliphatic rings. The van der Waals surface area contributed by atoms with E-state index in [2.05, 4.69) is 12.2 Å². The molecule has 0 saturated heterocycles. The van der Waals surface area contributed by atoms with E-state index in [1.54, 1.807) is 12.1 Å². The van der Waals surface area contributed by atoms with E-state index in [1.165, 1.54) is 31.7 Å². The number of benzene rings is 1. The molecule has 1 aliphatic carbocycles. The number of ether oxygens (including phenoxy) is 2. The fourth-order valence-corrected chi connectivity index (χ4v) is 2.93. The lowest BCUT2D eigenvalue weighted by Gasteiger charge is -2.29. The summed E-state index contributed by atoms with van der Waals surface area (Å²) in [6.45, 7) is 1.84. The second-order valence-corrected chi connectivity index (χ2v) is 6.31. The van der Waals surface area contributed by atoms with Crippen LogP contribution < -0.4 is 10.1 Å². The number of rotatable bonds is 6. The van der Waals surface area contributed by atoms with Gasteiger partial charge in [-0.25, -0.2) is 4.79 Å². The van der Waals surface area contributed by atoms with Crippen LogP contribution in [0.25, 0.3) is 6.08 Å². The highest BCUT2D eigenvalue weighted by Crippen LogP contribution is 2.26. The fraction of sp³-hybridized carbons (Fsp3) is 0.474. The van der Waals surface area contributed by atoms with Crippen molar-refractivity contribution in [3.63, 3.8) is 0 Å². The molecule has 2 atom stereocenters. The van der Waals surface area contributed by atoms with Gasteiger partial charge >= 0.3 is 5.97 Å². The van der Waals surface area contributed by atoms with Crippen molar-refractivity contribution in [3.8, 4) is 11.5 Å². The predicted molar refractivity (Wildman–Crippen MR) is 94.2 cm³/mol. The third kappa shape index (κ3) is 5.81. The summed E-state index contributed by atoms with van der Waals surface area (Å²) in [6.07, 6.45) is 7.18. The van der Waals surface area contributed by atoms with Gasteiger partial charge in [-0.3, -0.25) is 4.79 Å².